The first-order valence-corrected chi connectivity index (χ1v) is 7.99. The average molecular weight is 274 g/mol. The van der Waals surface area contributed by atoms with Crippen molar-refractivity contribution in [1.29, 1.82) is 0 Å². The van der Waals surface area contributed by atoms with E-state index in [0.29, 0.717) is 6.10 Å². The van der Waals surface area contributed by atoms with Crippen molar-refractivity contribution in [2.24, 2.45) is 0 Å². The van der Waals surface area contributed by atoms with E-state index in [2.05, 4.69) is 41.4 Å². The van der Waals surface area contributed by atoms with Gasteiger partial charge in [0.05, 0.1) is 12.7 Å². The zero-order valence-electron chi connectivity index (χ0n) is 12.5. The van der Waals surface area contributed by atoms with Crippen molar-refractivity contribution in [2.45, 2.75) is 38.3 Å². The Kier molecular flexibility index (Phi) is 4.71. The van der Waals surface area contributed by atoms with Crippen LogP contribution in [-0.2, 0) is 11.3 Å². The third-order valence-electron chi connectivity index (χ3n) is 4.43. The Hall–Kier alpha value is -0.900. The molecule has 1 aromatic rings. The zero-order chi connectivity index (χ0) is 13.8. The molecule has 3 rings (SSSR count). The topological polar surface area (TPSA) is 24.5 Å². The zero-order valence-corrected chi connectivity index (χ0v) is 12.5. The van der Waals surface area contributed by atoms with E-state index in [1.165, 1.54) is 18.4 Å². The Labute approximate surface area is 122 Å². The standard InChI is InChI=1S/C17H26N2O/c1-2-19-9-10-20-16(13-19)12-18-11-15-5-3-4-6-17(15)14-7-8-14/h3-6,14,16,18H,2,7-13H2,1H3. The van der Waals surface area contributed by atoms with Gasteiger partial charge in [-0.25, -0.2) is 0 Å². The molecule has 2 fully saturated rings. The van der Waals surface area contributed by atoms with Crippen LogP contribution in [0.4, 0.5) is 0 Å². The molecule has 1 atom stereocenters. The van der Waals surface area contributed by atoms with E-state index in [9.17, 15) is 0 Å². The predicted octanol–water partition coefficient (Wildman–Crippen LogP) is 2.37. The fourth-order valence-corrected chi connectivity index (χ4v) is 3.05. The van der Waals surface area contributed by atoms with Gasteiger partial charge in [-0.15, -0.1) is 0 Å². The maximum atomic E-state index is 5.83. The third kappa shape index (κ3) is 3.60. The summed E-state index contributed by atoms with van der Waals surface area (Å²) in [7, 11) is 0. The molecule has 110 valence electrons. The quantitative estimate of drug-likeness (QED) is 0.862. The summed E-state index contributed by atoms with van der Waals surface area (Å²) in [6.45, 7) is 8.30. The summed E-state index contributed by atoms with van der Waals surface area (Å²) >= 11 is 0. The van der Waals surface area contributed by atoms with E-state index >= 15 is 0 Å². The van der Waals surface area contributed by atoms with Crippen LogP contribution in [-0.4, -0.2) is 43.8 Å². The Morgan fingerprint density at radius 1 is 1.30 bits per heavy atom. The molecule has 1 saturated heterocycles. The van der Waals surface area contributed by atoms with Gasteiger partial charge in [-0.2, -0.15) is 0 Å². The molecule has 2 aliphatic rings. The highest BCUT2D eigenvalue weighted by Crippen LogP contribution is 2.41. The van der Waals surface area contributed by atoms with Crippen LogP contribution < -0.4 is 5.32 Å². The van der Waals surface area contributed by atoms with Gasteiger partial charge in [0.15, 0.2) is 0 Å². The van der Waals surface area contributed by atoms with Gasteiger partial charge in [0, 0.05) is 26.2 Å². The van der Waals surface area contributed by atoms with E-state index < -0.39 is 0 Å². The van der Waals surface area contributed by atoms with E-state index in [1.807, 2.05) is 0 Å². The maximum absolute atomic E-state index is 5.83. The van der Waals surface area contributed by atoms with Gasteiger partial charge >= 0.3 is 0 Å². The smallest absolute Gasteiger partial charge is 0.0826 e. The molecular formula is C17H26N2O. The lowest BCUT2D eigenvalue weighted by Gasteiger charge is -2.32. The van der Waals surface area contributed by atoms with Gasteiger partial charge in [0.25, 0.3) is 0 Å². The van der Waals surface area contributed by atoms with Crippen molar-refractivity contribution < 1.29 is 4.74 Å². The summed E-state index contributed by atoms with van der Waals surface area (Å²) < 4.78 is 5.83. The minimum Gasteiger partial charge on any atom is -0.374 e. The lowest BCUT2D eigenvalue weighted by atomic mass is 10.0. The highest BCUT2D eigenvalue weighted by atomic mass is 16.5. The summed E-state index contributed by atoms with van der Waals surface area (Å²) in [5.41, 5.74) is 3.03. The molecule has 1 aromatic carbocycles. The Morgan fingerprint density at radius 3 is 2.95 bits per heavy atom. The molecule has 1 heterocycles. The molecule has 0 aromatic heterocycles. The van der Waals surface area contributed by atoms with Crippen molar-refractivity contribution >= 4 is 0 Å². The van der Waals surface area contributed by atoms with Gasteiger partial charge in [0.2, 0.25) is 0 Å². The molecule has 1 aliphatic heterocycles. The maximum Gasteiger partial charge on any atom is 0.0826 e. The first-order valence-electron chi connectivity index (χ1n) is 7.99. The summed E-state index contributed by atoms with van der Waals surface area (Å²) in [5.74, 6) is 0.828. The number of hydrogen-bond acceptors (Lipinski definition) is 3. The fourth-order valence-electron chi connectivity index (χ4n) is 3.05. The highest BCUT2D eigenvalue weighted by molar-refractivity contribution is 5.33. The first-order chi connectivity index (χ1) is 9.86. The van der Waals surface area contributed by atoms with Crippen molar-refractivity contribution in [3.8, 4) is 0 Å². The number of nitrogens with one attached hydrogen (secondary N) is 1. The Bertz CT molecular complexity index is 431. The molecule has 0 spiro atoms. The van der Waals surface area contributed by atoms with Crippen LogP contribution in [0.2, 0.25) is 0 Å². The van der Waals surface area contributed by atoms with E-state index in [-0.39, 0.29) is 0 Å². The Morgan fingerprint density at radius 2 is 2.15 bits per heavy atom. The van der Waals surface area contributed by atoms with Crippen molar-refractivity contribution in [1.82, 2.24) is 10.2 Å². The van der Waals surface area contributed by atoms with Crippen LogP contribution in [0.3, 0.4) is 0 Å². The summed E-state index contributed by atoms with van der Waals surface area (Å²) in [6, 6.07) is 8.88. The van der Waals surface area contributed by atoms with Crippen LogP contribution in [0.5, 0.6) is 0 Å². The molecule has 1 aliphatic carbocycles. The van der Waals surface area contributed by atoms with Gasteiger partial charge in [0.1, 0.15) is 0 Å². The van der Waals surface area contributed by atoms with Gasteiger partial charge in [-0.05, 0) is 36.4 Å². The van der Waals surface area contributed by atoms with E-state index in [1.54, 1.807) is 5.56 Å². The number of likely N-dealkylation sites (N-methyl/N-ethyl adjacent to an activating group) is 1. The minimum absolute atomic E-state index is 0.344. The average Bonchev–Trinajstić information content (AvgIpc) is 3.33. The molecule has 1 unspecified atom stereocenters. The largest absolute Gasteiger partial charge is 0.374 e. The van der Waals surface area contributed by atoms with E-state index in [4.69, 9.17) is 4.74 Å². The third-order valence-corrected chi connectivity index (χ3v) is 4.43. The second-order valence-electron chi connectivity index (χ2n) is 5.99. The lowest BCUT2D eigenvalue weighted by Crippen LogP contribution is -2.46. The number of nitrogens with zero attached hydrogens (tertiary/aromatic N) is 1. The van der Waals surface area contributed by atoms with Crippen LogP contribution in [0.1, 0.15) is 36.8 Å². The normalized spacial score (nSPS) is 23.9. The summed E-state index contributed by atoms with van der Waals surface area (Å²) in [6.07, 6.45) is 3.08. The number of benzene rings is 1. The number of ether oxygens (including phenoxy) is 1. The van der Waals surface area contributed by atoms with Gasteiger partial charge in [-0.3, -0.25) is 4.90 Å². The molecule has 0 bridgehead atoms. The predicted molar refractivity (Wildman–Crippen MR) is 82.0 cm³/mol. The number of hydrogen-bond donors (Lipinski definition) is 1. The molecule has 0 amide bonds. The van der Waals surface area contributed by atoms with Crippen molar-refractivity contribution in [3.05, 3.63) is 35.4 Å². The molecule has 0 radical (unpaired) electrons. The van der Waals surface area contributed by atoms with E-state index in [0.717, 1.165) is 45.2 Å². The molecule has 1 saturated carbocycles. The molecule has 20 heavy (non-hydrogen) atoms. The minimum atomic E-state index is 0.344. The van der Waals surface area contributed by atoms with Gasteiger partial charge < -0.3 is 10.1 Å². The number of rotatable bonds is 6. The molecular weight excluding hydrogens is 248 g/mol. The second kappa shape index (κ2) is 6.70. The number of morpholine rings is 1. The first kappa shape index (κ1) is 14.1. The second-order valence-corrected chi connectivity index (χ2v) is 5.99. The monoisotopic (exact) mass is 274 g/mol. The van der Waals surface area contributed by atoms with Crippen LogP contribution in [0.15, 0.2) is 24.3 Å². The lowest BCUT2D eigenvalue weighted by molar-refractivity contribution is -0.0253. The van der Waals surface area contributed by atoms with Crippen LogP contribution in [0, 0.1) is 0 Å². The molecule has 1 N–H and O–H groups in total. The highest BCUT2D eigenvalue weighted by Gasteiger charge is 2.25. The van der Waals surface area contributed by atoms with Crippen molar-refractivity contribution in [2.75, 3.05) is 32.8 Å². The molecule has 3 heteroatoms. The Balaban J connectivity index is 1.48. The fraction of sp³-hybridized carbons (Fsp3) is 0.647. The summed E-state index contributed by atoms with van der Waals surface area (Å²) in [5, 5.41) is 3.59. The van der Waals surface area contributed by atoms with Gasteiger partial charge in [-0.1, -0.05) is 31.2 Å². The summed E-state index contributed by atoms with van der Waals surface area (Å²) in [4.78, 5) is 2.47. The van der Waals surface area contributed by atoms with Crippen LogP contribution >= 0.6 is 0 Å². The SMILES string of the molecule is CCN1CCOC(CNCc2ccccc2C2CC2)C1. The van der Waals surface area contributed by atoms with Crippen molar-refractivity contribution in [3.63, 3.8) is 0 Å². The molecule has 3 nitrogen and oxygen atoms in total. The van der Waals surface area contributed by atoms with Crippen LogP contribution in [0.25, 0.3) is 0 Å².